The van der Waals surface area contributed by atoms with Crippen LogP contribution in [0.4, 0.5) is 5.95 Å². The highest BCUT2D eigenvalue weighted by atomic mass is 15.1. The zero-order chi connectivity index (χ0) is 10.7. The second-order valence-electron chi connectivity index (χ2n) is 3.48. The van der Waals surface area contributed by atoms with Crippen LogP contribution in [0.1, 0.15) is 24.1 Å². The zero-order valence-electron chi connectivity index (χ0n) is 8.73. The summed E-state index contributed by atoms with van der Waals surface area (Å²) in [5, 5.41) is 9.86. The molecule has 5 heteroatoms. The van der Waals surface area contributed by atoms with Crippen molar-refractivity contribution in [2.75, 3.05) is 5.32 Å². The van der Waals surface area contributed by atoms with Crippen LogP contribution >= 0.6 is 0 Å². The second kappa shape index (κ2) is 4.08. The molecule has 5 nitrogen and oxygen atoms in total. The molecule has 0 amide bonds. The molecule has 2 rings (SSSR count). The molecule has 0 saturated heterocycles. The molecule has 0 aliphatic rings. The van der Waals surface area contributed by atoms with Gasteiger partial charge in [0, 0.05) is 24.2 Å². The van der Waals surface area contributed by atoms with Gasteiger partial charge < -0.3 is 5.32 Å². The first-order chi connectivity index (χ1) is 7.25. The Morgan fingerprint density at radius 3 is 2.60 bits per heavy atom. The number of hydrogen-bond acceptors (Lipinski definition) is 4. The normalized spacial score (nSPS) is 12.4. The Morgan fingerprint density at radius 1 is 1.27 bits per heavy atom. The van der Waals surface area contributed by atoms with E-state index in [1.807, 2.05) is 20.0 Å². The second-order valence-corrected chi connectivity index (χ2v) is 3.48. The van der Waals surface area contributed by atoms with Crippen LogP contribution in [0.3, 0.4) is 0 Å². The van der Waals surface area contributed by atoms with Gasteiger partial charge in [0.25, 0.3) is 0 Å². The fourth-order valence-electron chi connectivity index (χ4n) is 1.24. The van der Waals surface area contributed by atoms with E-state index in [1.165, 1.54) is 0 Å². The number of rotatable bonds is 3. The molecule has 1 atom stereocenters. The van der Waals surface area contributed by atoms with Gasteiger partial charge in [-0.3, -0.25) is 5.10 Å². The number of H-pyrrole nitrogens is 1. The summed E-state index contributed by atoms with van der Waals surface area (Å²) in [4.78, 5) is 8.35. The summed E-state index contributed by atoms with van der Waals surface area (Å²) in [6.45, 7) is 4.00. The van der Waals surface area contributed by atoms with Crippen LogP contribution in [0.2, 0.25) is 0 Å². The monoisotopic (exact) mass is 203 g/mol. The molecule has 2 heterocycles. The van der Waals surface area contributed by atoms with Crippen LogP contribution in [0.15, 0.2) is 24.8 Å². The van der Waals surface area contributed by atoms with E-state index in [1.54, 1.807) is 18.6 Å². The maximum Gasteiger partial charge on any atom is 0.223 e. The summed E-state index contributed by atoms with van der Waals surface area (Å²) in [5.41, 5.74) is 2.13. The minimum atomic E-state index is 0.145. The average Bonchev–Trinajstić information content (AvgIpc) is 2.74. The van der Waals surface area contributed by atoms with E-state index in [4.69, 9.17) is 0 Å². The third-order valence-electron chi connectivity index (χ3n) is 2.15. The molecule has 0 spiro atoms. The largest absolute Gasteiger partial charge is 0.348 e. The summed E-state index contributed by atoms with van der Waals surface area (Å²) in [6.07, 6.45) is 7.21. The van der Waals surface area contributed by atoms with Crippen LogP contribution in [0.5, 0.6) is 0 Å². The molecular weight excluding hydrogens is 190 g/mol. The smallest absolute Gasteiger partial charge is 0.223 e. The maximum atomic E-state index is 4.18. The van der Waals surface area contributed by atoms with E-state index in [-0.39, 0.29) is 6.04 Å². The van der Waals surface area contributed by atoms with E-state index in [2.05, 4.69) is 25.5 Å². The van der Waals surface area contributed by atoms with Crippen molar-refractivity contribution in [1.29, 1.82) is 0 Å². The number of aromatic amines is 1. The minimum Gasteiger partial charge on any atom is -0.348 e. The molecule has 2 aromatic heterocycles. The standard InChI is InChI=1S/C10H13N5/c1-7-3-11-10(12-4-7)15-8(2)9-5-13-14-6-9/h3-6,8H,1-2H3,(H,13,14)(H,11,12,15). The Kier molecular flexibility index (Phi) is 2.62. The van der Waals surface area contributed by atoms with Gasteiger partial charge in [0.05, 0.1) is 12.2 Å². The van der Waals surface area contributed by atoms with E-state index in [0.29, 0.717) is 5.95 Å². The van der Waals surface area contributed by atoms with Crippen molar-refractivity contribution in [2.24, 2.45) is 0 Å². The predicted molar refractivity (Wildman–Crippen MR) is 57.4 cm³/mol. The van der Waals surface area contributed by atoms with Crippen LogP contribution in [0.25, 0.3) is 0 Å². The highest BCUT2D eigenvalue weighted by Crippen LogP contribution is 2.14. The van der Waals surface area contributed by atoms with E-state index in [9.17, 15) is 0 Å². The highest BCUT2D eigenvalue weighted by Gasteiger charge is 2.06. The number of hydrogen-bond donors (Lipinski definition) is 2. The number of nitrogens with zero attached hydrogens (tertiary/aromatic N) is 3. The highest BCUT2D eigenvalue weighted by molar-refractivity contribution is 5.29. The molecule has 2 aromatic rings. The Hall–Kier alpha value is -1.91. The maximum absolute atomic E-state index is 4.18. The molecule has 0 bridgehead atoms. The Balaban J connectivity index is 2.06. The van der Waals surface area contributed by atoms with Crippen molar-refractivity contribution >= 4 is 5.95 Å². The first-order valence-electron chi connectivity index (χ1n) is 4.79. The molecule has 0 aliphatic carbocycles. The van der Waals surface area contributed by atoms with Crippen molar-refractivity contribution in [2.45, 2.75) is 19.9 Å². The van der Waals surface area contributed by atoms with Crippen LogP contribution < -0.4 is 5.32 Å². The van der Waals surface area contributed by atoms with E-state index < -0.39 is 0 Å². The number of nitrogens with one attached hydrogen (secondary N) is 2. The fraction of sp³-hybridized carbons (Fsp3) is 0.300. The molecule has 0 aliphatic heterocycles. The van der Waals surface area contributed by atoms with Crippen molar-refractivity contribution < 1.29 is 0 Å². The van der Waals surface area contributed by atoms with Gasteiger partial charge >= 0.3 is 0 Å². The van der Waals surface area contributed by atoms with Crippen LogP contribution in [0, 0.1) is 6.92 Å². The molecule has 0 saturated carbocycles. The molecule has 0 aromatic carbocycles. The number of anilines is 1. The molecule has 2 N–H and O–H groups in total. The Bertz CT molecular complexity index is 406. The third kappa shape index (κ3) is 2.31. The molecule has 1 unspecified atom stereocenters. The Labute approximate surface area is 88.0 Å². The van der Waals surface area contributed by atoms with Crippen molar-refractivity contribution in [3.63, 3.8) is 0 Å². The molecule has 78 valence electrons. The Morgan fingerprint density at radius 2 is 2.00 bits per heavy atom. The summed E-state index contributed by atoms with van der Waals surface area (Å²) < 4.78 is 0. The average molecular weight is 203 g/mol. The lowest BCUT2D eigenvalue weighted by atomic mass is 10.2. The predicted octanol–water partition coefficient (Wildman–Crippen LogP) is 1.68. The number of aryl methyl sites for hydroxylation is 1. The van der Waals surface area contributed by atoms with Gasteiger partial charge in [0.15, 0.2) is 0 Å². The lowest BCUT2D eigenvalue weighted by Crippen LogP contribution is -2.08. The first kappa shape index (κ1) is 9.64. The third-order valence-corrected chi connectivity index (χ3v) is 2.15. The summed E-state index contributed by atoms with van der Waals surface area (Å²) in [6, 6.07) is 0.145. The summed E-state index contributed by atoms with van der Waals surface area (Å²) in [5.74, 6) is 0.634. The first-order valence-corrected chi connectivity index (χ1v) is 4.79. The van der Waals surface area contributed by atoms with Gasteiger partial charge in [-0.15, -0.1) is 0 Å². The topological polar surface area (TPSA) is 66.5 Å². The molecular formula is C10H13N5. The van der Waals surface area contributed by atoms with Crippen LogP contribution in [-0.4, -0.2) is 20.2 Å². The van der Waals surface area contributed by atoms with Crippen molar-refractivity contribution in [1.82, 2.24) is 20.2 Å². The van der Waals surface area contributed by atoms with Gasteiger partial charge in [-0.2, -0.15) is 5.10 Å². The lowest BCUT2D eigenvalue weighted by molar-refractivity contribution is 0.860. The van der Waals surface area contributed by atoms with Crippen molar-refractivity contribution in [3.05, 3.63) is 35.9 Å². The quantitative estimate of drug-likeness (QED) is 0.796. The zero-order valence-corrected chi connectivity index (χ0v) is 8.73. The van der Waals surface area contributed by atoms with Gasteiger partial charge in [-0.05, 0) is 19.4 Å². The molecule has 0 fully saturated rings. The van der Waals surface area contributed by atoms with Gasteiger partial charge in [0.1, 0.15) is 0 Å². The van der Waals surface area contributed by atoms with Crippen molar-refractivity contribution in [3.8, 4) is 0 Å². The van der Waals surface area contributed by atoms with E-state index in [0.717, 1.165) is 11.1 Å². The summed E-state index contributed by atoms with van der Waals surface area (Å²) >= 11 is 0. The van der Waals surface area contributed by atoms with Gasteiger partial charge in [-0.25, -0.2) is 9.97 Å². The SMILES string of the molecule is Cc1cnc(NC(C)c2cn[nH]c2)nc1. The van der Waals surface area contributed by atoms with Gasteiger partial charge in [-0.1, -0.05) is 0 Å². The van der Waals surface area contributed by atoms with E-state index >= 15 is 0 Å². The molecule has 15 heavy (non-hydrogen) atoms. The van der Waals surface area contributed by atoms with Crippen LogP contribution in [-0.2, 0) is 0 Å². The lowest BCUT2D eigenvalue weighted by Gasteiger charge is -2.11. The minimum absolute atomic E-state index is 0.145. The van der Waals surface area contributed by atoms with Gasteiger partial charge in [0.2, 0.25) is 5.95 Å². The fourth-order valence-corrected chi connectivity index (χ4v) is 1.24. The number of aromatic nitrogens is 4. The molecule has 0 radical (unpaired) electrons. The summed E-state index contributed by atoms with van der Waals surface area (Å²) in [7, 11) is 0.